The Hall–Kier alpha value is -2.51. The number of alkyl halides is 3. The molecule has 2 atom stereocenters. The van der Waals surface area contributed by atoms with Crippen LogP contribution in [0.1, 0.15) is 10.4 Å². The number of carbonyl (C=O) groups excluding carboxylic acids is 2. The van der Waals surface area contributed by atoms with E-state index in [1.165, 1.54) is 0 Å². The average Bonchev–Trinajstić information content (AvgIpc) is 3.09. The summed E-state index contributed by atoms with van der Waals surface area (Å²) in [5, 5.41) is 0.663. The van der Waals surface area contributed by atoms with Gasteiger partial charge in [0.2, 0.25) is 5.91 Å². The second-order valence-electron chi connectivity index (χ2n) is 6.04. The number of aromatic nitrogens is 1. The van der Waals surface area contributed by atoms with Crippen LogP contribution in [0, 0.1) is 11.8 Å². The number of halogens is 3. The maximum Gasteiger partial charge on any atom is 0.394 e. The van der Waals surface area contributed by atoms with Crippen LogP contribution in [0.25, 0.3) is 10.9 Å². The predicted molar refractivity (Wildman–Crippen MR) is 81.1 cm³/mol. The Morgan fingerprint density at radius 1 is 1.21 bits per heavy atom. The van der Waals surface area contributed by atoms with Gasteiger partial charge < -0.3 is 15.2 Å². The van der Waals surface area contributed by atoms with Crippen molar-refractivity contribution >= 4 is 22.7 Å². The fourth-order valence-electron chi connectivity index (χ4n) is 3.27. The number of carbonyl (C=O) groups is 2. The normalized spacial score (nSPS) is 21.4. The van der Waals surface area contributed by atoms with E-state index in [2.05, 4.69) is 0 Å². The Labute approximate surface area is 135 Å². The van der Waals surface area contributed by atoms with E-state index in [0.29, 0.717) is 10.9 Å². The van der Waals surface area contributed by atoms with Gasteiger partial charge in [0.25, 0.3) is 5.91 Å². The molecule has 1 aromatic carbocycles. The summed E-state index contributed by atoms with van der Waals surface area (Å²) in [6, 6.07) is 7.13. The topological polar surface area (TPSA) is 68.3 Å². The second kappa shape index (κ2) is 5.54. The monoisotopic (exact) mass is 339 g/mol. The van der Waals surface area contributed by atoms with Gasteiger partial charge >= 0.3 is 6.18 Å². The number of primary amides is 1. The van der Waals surface area contributed by atoms with Crippen LogP contribution >= 0.6 is 0 Å². The van der Waals surface area contributed by atoms with Gasteiger partial charge in [0.15, 0.2) is 0 Å². The number of likely N-dealkylation sites (tertiary alicyclic amines) is 1. The number of hydrogen-bond donors (Lipinski definition) is 1. The number of nitrogens with zero attached hydrogens (tertiary/aromatic N) is 2. The van der Waals surface area contributed by atoms with Gasteiger partial charge in [-0.3, -0.25) is 9.59 Å². The summed E-state index contributed by atoms with van der Waals surface area (Å²) in [6.45, 7) is -0.874. The summed E-state index contributed by atoms with van der Waals surface area (Å²) in [7, 11) is 1.76. The van der Waals surface area contributed by atoms with Crippen LogP contribution in [0.5, 0.6) is 0 Å². The number of rotatable bonds is 2. The molecule has 2 N–H and O–H groups in total. The smallest absolute Gasteiger partial charge is 0.369 e. The fraction of sp³-hybridized carbons (Fsp3) is 0.375. The fourth-order valence-corrected chi connectivity index (χ4v) is 3.27. The Morgan fingerprint density at radius 3 is 2.46 bits per heavy atom. The van der Waals surface area contributed by atoms with Crippen molar-refractivity contribution in [3.63, 3.8) is 0 Å². The van der Waals surface area contributed by atoms with E-state index in [9.17, 15) is 22.8 Å². The molecule has 0 saturated carbocycles. The number of para-hydroxylation sites is 1. The van der Waals surface area contributed by atoms with Crippen LogP contribution in [0.3, 0.4) is 0 Å². The maximum absolute atomic E-state index is 13.1. The molecule has 5 nitrogen and oxygen atoms in total. The molecule has 0 unspecified atom stereocenters. The van der Waals surface area contributed by atoms with E-state index in [-0.39, 0.29) is 6.54 Å². The number of aryl methyl sites for hydroxylation is 1. The summed E-state index contributed by atoms with van der Waals surface area (Å²) in [6.07, 6.45) is -2.99. The zero-order valence-corrected chi connectivity index (χ0v) is 12.9. The van der Waals surface area contributed by atoms with Crippen molar-refractivity contribution < 1.29 is 22.8 Å². The van der Waals surface area contributed by atoms with E-state index in [4.69, 9.17) is 5.73 Å². The summed E-state index contributed by atoms with van der Waals surface area (Å²) >= 11 is 0. The number of benzene rings is 1. The third kappa shape index (κ3) is 2.61. The summed E-state index contributed by atoms with van der Waals surface area (Å²) in [4.78, 5) is 25.1. The maximum atomic E-state index is 13.1. The molecule has 2 aromatic rings. The molecule has 3 rings (SSSR count). The molecule has 1 saturated heterocycles. The SMILES string of the molecule is Cn1cc(C(=O)N2C[C@@H](C(F)(F)F)[C@H](C(N)=O)C2)c2ccccc21. The van der Waals surface area contributed by atoms with Crippen molar-refractivity contribution in [2.75, 3.05) is 13.1 Å². The molecule has 1 aromatic heterocycles. The lowest BCUT2D eigenvalue weighted by Gasteiger charge is -2.18. The van der Waals surface area contributed by atoms with Crippen molar-refractivity contribution in [3.8, 4) is 0 Å². The van der Waals surface area contributed by atoms with Crippen molar-refractivity contribution in [3.05, 3.63) is 36.0 Å². The molecule has 2 heterocycles. The largest absolute Gasteiger partial charge is 0.394 e. The first kappa shape index (κ1) is 16.4. The average molecular weight is 339 g/mol. The molecule has 2 amide bonds. The van der Waals surface area contributed by atoms with Gasteiger partial charge in [0.1, 0.15) is 0 Å². The van der Waals surface area contributed by atoms with Crippen LogP contribution in [-0.4, -0.2) is 40.5 Å². The van der Waals surface area contributed by atoms with E-state index in [0.717, 1.165) is 10.4 Å². The van der Waals surface area contributed by atoms with Crippen molar-refractivity contribution in [2.24, 2.45) is 24.6 Å². The first-order valence-electron chi connectivity index (χ1n) is 7.39. The molecule has 1 fully saturated rings. The van der Waals surface area contributed by atoms with Gasteiger partial charge in [-0.2, -0.15) is 13.2 Å². The molecular weight excluding hydrogens is 323 g/mol. The van der Waals surface area contributed by atoms with Crippen molar-refractivity contribution in [1.82, 2.24) is 9.47 Å². The van der Waals surface area contributed by atoms with Crippen molar-refractivity contribution in [1.29, 1.82) is 0 Å². The third-order valence-corrected chi connectivity index (χ3v) is 4.52. The van der Waals surface area contributed by atoms with Crippen LogP contribution in [0.15, 0.2) is 30.5 Å². The molecular formula is C16H16F3N3O2. The van der Waals surface area contributed by atoms with Gasteiger partial charge in [0.05, 0.1) is 17.4 Å². The number of fused-ring (bicyclic) bond motifs is 1. The lowest BCUT2D eigenvalue weighted by atomic mass is 9.95. The standard InChI is InChI=1S/C16H16F3N3O2/c1-21-6-10(9-4-2-3-5-13(9)21)15(24)22-7-11(14(20)23)12(8-22)16(17,18)19/h2-6,11-12H,7-8H2,1H3,(H2,20,23)/t11-,12-/m1/s1. The van der Waals surface area contributed by atoms with Crippen LogP contribution in [0.2, 0.25) is 0 Å². The Kier molecular flexibility index (Phi) is 3.77. The number of amides is 2. The molecule has 1 aliphatic rings. The van der Waals surface area contributed by atoms with E-state index < -0.39 is 36.4 Å². The Balaban J connectivity index is 1.94. The first-order valence-corrected chi connectivity index (χ1v) is 7.39. The van der Waals surface area contributed by atoms with Crippen LogP contribution in [-0.2, 0) is 11.8 Å². The van der Waals surface area contributed by atoms with Crippen molar-refractivity contribution in [2.45, 2.75) is 6.18 Å². The van der Waals surface area contributed by atoms with E-state index >= 15 is 0 Å². The van der Waals surface area contributed by atoms with E-state index in [1.54, 1.807) is 29.9 Å². The summed E-state index contributed by atoms with van der Waals surface area (Å²) < 4.78 is 41.1. The van der Waals surface area contributed by atoms with Gasteiger partial charge in [-0.15, -0.1) is 0 Å². The highest BCUT2D eigenvalue weighted by Crippen LogP contribution is 2.38. The number of nitrogens with two attached hydrogens (primary N) is 1. The zero-order chi connectivity index (χ0) is 17.6. The highest BCUT2D eigenvalue weighted by Gasteiger charge is 2.53. The zero-order valence-electron chi connectivity index (χ0n) is 12.9. The lowest BCUT2D eigenvalue weighted by molar-refractivity contribution is -0.182. The second-order valence-corrected chi connectivity index (χ2v) is 6.04. The highest BCUT2D eigenvalue weighted by atomic mass is 19.4. The molecule has 8 heteroatoms. The quantitative estimate of drug-likeness (QED) is 0.908. The van der Waals surface area contributed by atoms with Crippen LogP contribution in [0.4, 0.5) is 13.2 Å². The van der Waals surface area contributed by atoms with Gasteiger partial charge in [-0.1, -0.05) is 18.2 Å². The van der Waals surface area contributed by atoms with Gasteiger partial charge in [0, 0.05) is 37.2 Å². The highest BCUT2D eigenvalue weighted by molar-refractivity contribution is 6.07. The summed E-state index contributed by atoms with van der Waals surface area (Å²) in [5.74, 6) is -4.90. The molecule has 24 heavy (non-hydrogen) atoms. The number of hydrogen-bond acceptors (Lipinski definition) is 2. The molecule has 128 valence electrons. The molecule has 0 spiro atoms. The van der Waals surface area contributed by atoms with Gasteiger partial charge in [-0.25, -0.2) is 0 Å². The lowest BCUT2D eigenvalue weighted by Crippen LogP contribution is -2.37. The molecule has 0 aliphatic carbocycles. The first-order chi connectivity index (χ1) is 11.2. The predicted octanol–water partition coefficient (Wildman–Crippen LogP) is 1.91. The van der Waals surface area contributed by atoms with Gasteiger partial charge in [-0.05, 0) is 6.07 Å². The summed E-state index contributed by atoms with van der Waals surface area (Å²) in [5.41, 5.74) is 6.22. The Bertz CT molecular complexity index is 812. The minimum Gasteiger partial charge on any atom is -0.369 e. The van der Waals surface area contributed by atoms with E-state index in [1.807, 2.05) is 12.1 Å². The minimum absolute atomic E-state index is 0.318. The minimum atomic E-state index is -4.58. The van der Waals surface area contributed by atoms with Crippen LogP contribution < -0.4 is 5.73 Å². The molecule has 1 aliphatic heterocycles. The molecule has 0 radical (unpaired) electrons. The molecule has 0 bridgehead atoms. The Morgan fingerprint density at radius 2 is 1.88 bits per heavy atom. The third-order valence-electron chi connectivity index (χ3n) is 4.52.